The Labute approximate surface area is 89.4 Å². The first-order valence-electron chi connectivity index (χ1n) is 5.12. The SMILES string of the molecule is CCC[C@H](C)c1cc(O)ccc1C(=O)O. The van der Waals surface area contributed by atoms with Gasteiger partial charge in [0.2, 0.25) is 0 Å². The number of rotatable bonds is 4. The molecule has 0 saturated carbocycles. The fraction of sp³-hybridized carbons (Fsp3) is 0.417. The maximum atomic E-state index is 11.0. The highest BCUT2D eigenvalue weighted by Gasteiger charge is 2.15. The molecule has 0 saturated heterocycles. The maximum Gasteiger partial charge on any atom is 0.335 e. The van der Waals surface area contributed by atoms with Crippen molar-refractivity contribution in [3.8, 4) is 5.75 Å². The second kappa shape index (κ2) is 4.82. The van der Waals surface area contributed by atoms with Gasteiger partial charge in [-0.25, -0.2) is 4.79 Å². The summed E-state index contributed by atoms with van der Waals surface area (Å²) < 4.78 is 0. The molecular weight excluding hydrogens is 192 g/mol. The van der Waals surface area contributed by atoms with Crippen LogP contribution in [0.4, 0.5) is 0 Å². The van der Waals surface area contributed by atoms with E-state index in [4.69, 9.17) is 5.11 Å². The van der Waals surface area contributed by atoms with Crippen LogP contribution in [0.1, 0.15) is 48.5 Å². The lowest BCUT2D eigenvalue weighted by atomic mass is 9.92. The Morgan fingerprint density at radius 1 is 1.47 bits per heavy atom. The monoisotopic (exact) mass is 208 g/mol. The van der Waals surface area contributed by atoms with E-state index < -0.39 is 5.97 Å². The van der Waals surface area contributed by atoms with E-state index in [1.54, 1.807) is 6.07 Å². The number of carboxylic acid groups (broad SMARTS) is 1. The van der Waals surface area contributed by atoms with E-state index in [0.29, 0.717) is 5.56 Å². The summed E-state index contributed by atoms with van der Waals surface area (Å²) in [6.07, 6.45) is 1.92. The molecule has 0 unspecified atom stereocenters. The fourth-order valence-corrected chi connectivity index (χ4v) is 1.74. The van der Waals surface area contributed by atoms with Crippen LogP contribution in [0.3, 0.4) is 0 Å². The fourth-order valence-electron chi connectivity index (χ4n) is 1.74. The van der Waals surface area contributed by atoms with Gasteiger partial charge >= 0.3 is 5.97 Å². The van der Waals surface area contributed by atoms with Crippen molar-refractivity contribution in [2.24, 2.45) is 0 Å². The molecule has 3 heteroatoms. The van der Waals surface area contributed by atoms with E-state index in [0.717, 1.165) is 12.8 Å². The van der Waals surface area contributed by atoms with E-state index >= 15 is 0 Å². The Bertz CT molecular complexity index is 358. The van der Waals surface area contributed by atoms with Crippen molar-refractivity contribution in [2.75, 3.05) is 0 Å². The third-order valence-electron chi connectivity index (χ3n) is 2.52. The normalized spacial score (nSPS) is 12.4. The summed E-state index contributed by atoms with van der Waals surface area (Å²) in [4.78, 5) is 11.0. The van der Waals surface area contributed by atoms with Gasteiger partial charge in [0.15, 0.2) is 0 Å². The van der Waals surface area contributed by atoms with Crippen molar-refractivity contribution in [3.05, 3.63) is 29.3 Å². The van der Waals surface area contributed by atoms with Crippen molar-refractivity contribution in [1.82, 2.24) is 0 Å². The molecule has 0 fully saturated rings. The van der Waals surface area contributed by atoms with Crippen LogP contribution < -0.4 is 0 Å². The lowest BCUT2D eigenvalue weighted by Gasteiger charge is -2.13. The van der Waals surface area contributed by atoms with Crippen LogP contribution in [0.25, 0.3) is 0 Å². The summed E-state index contributed by atoms with van der Waals surface area (Å²) in [6.45, 7) is 4.03. The van der Waals surface area contributed by atoms with Gasteiger partial charge in [0.1, 0.15) is 5.75 Å². The zero-order valence-corrected chi connectivity index (χ0v) is 9.03. The number of phenolic OH excluding ortho intramolecular Hbond substituents is 1. The summed E-state index contributed by atoms with van der Waals surface area (Å²) in [7, 11) is 0. The third kappa shape index (κ3) is 2.72. The Hall–Kier alpha value is -1.51. The van der Waals surface area contributed by atoms with Crippen LogP contribution in [0, 0.1) is 0 Å². The first kappa shape index (κ1) is 11.6. The number of hydrogen-bond donors (Lipinski definition) is 2. The first-order valence-corrected chi connectivity index (χ1v) is 5.12. The average molecular weight is 208 g/mol. The molecular formula is C12H16O3. The predicted octanol–water partition coefficient (Wildman–Crippen LogP) is 2.99. The first-order chi connectivity index (χ1) is 7.06. The minimum Gasteiger partial charge on any atom is -0.508 e. The van der Waals surface area contributed by atoms with E-state index in [9.17, 15) is 9.90 Å². The smallest absolute Gasteiger partial charge is 0.335 e. The molecule has 0 spiro atoms. The zero-order chi connectivity index (χ0) is 11.4. The van der Waals surface area contributed by atoms with Crippen LogP contribution in [0.2, 0.25) is 0 Å². The van der Waals surface area contributed by atoms with Gasteiger partial charge in [0.05, 0.1) is 5.56 Å². The van der Waals surface area contributed by atoms with Gasteiger partial charge in [-0.05, 0) is 36.1 Å². The van der Waals surface area contributed by atoms with E-state index in [-0.39, 0.29) is 17.2 Å². The summed E-state index contributed by atoms with van der Waals surface area (Å²) in [6, 6.07) is 4.41. The number of aromatic hydroxyl groups is 1. The van der Waals surface area contributed by atoms with Crippen LogP contribution in [-0.2, 0) is 0 Å². The number of carboxylic acids is 1. The van der Waals surface area contributed by atoms with Crippen LogP contribution in [0.15, 0.2) is 18.2 Å². The van der Waals surface area contributed by atoms with Crippen LogP contribution in [-0.4, -0.2) is 16.2 Å². The molecule has 3 nitrogen and oxygen atoms in total. The van der Waals surface area contributed by atoms with Crippen molar-refractivity contribution >= 4 is 5.97 Å². The Balaban J connectivity index is 3.12. The Morgan fingerprint density at radius 3 is 2.67 bits per heavy atom. The van der Waals surface area contributed by atoms with Gasteiger partial charge in [0, 0.05) is 0 Å². The minimum absolute atomic E-state index is 0.123. The highest BCUT2D eigenvalue weighted by Crippen LogP contribution is 2.27. The molecule has 1 aromatic carbocycles. The van der Waals surface area contributed by atoms with Gasteiger partial charge in [-0.3, -0.25) is 0 Å². The quantitative estimate of drug-likeness (QED) is 0.799. The second-order valence-electron chi connectivity index (χ2n) is 3.77. The number of aromatic carboxylic acids is 1. The summed E-state index contributed by atoms with van der Waals surface area (Å²) in [5.74, 6) is -0.654. The van der Waals surface area contributed by atoms with E-state index in [1.807, 2.05) is 6.92 Å². The summed E-state index contributed by atoms with van der Waals surface area (Å²) in [5, 5.41) is 18.3. The maximum absolute atomic E-state index is 11.0. The molecule has 1 rings (SSSR count). The molecule has 0 aliphatic heterocycles. The average Bonchev–Trinajstić information content (AvgIpc) is 2.17. The molecule has 15 heavy (non-hydrogen) atoms. The van der Waals surface area contributed by atoms with Crippen molar-refractivity contribution in [3.63, 3.8) is 0 Å². The van der Waals surface area contributed by atoms with Gasteiger partial charge < -0.3 is 10.2 Å². The number of carbonyl (C=O) groups is 1. The standard InChI is InChI=1S/C12H16O3/c1-3-4-8(2)11-7-9(13)5-6-10(11)12(14)15/h5-8,13H,3-4H2,1-2H3,(H,14,15)/t8-/m0/s1. The number of phenols is 1. The van der Waals surface area contributed by atoms with Crippen LogP contribution in [0.5, 0.6) is 5.75 Å². The van der Waals surface area contributed by atoms with Crippen LogP contribution >= 0.6 is 0 Å². The molecule has 0 aromatic heterocycles. The molecule has 1 aromatic rings. The van der Waals surface area contributed by atoms with Gasteiger partial charge in [-0.15, -0.1) is 0 Å². The molecule has 0 radical (unpaired) electrons. The second-order valence-corrected chi connectivity index (χ2v) is 3.77. The van der Waals surface area contributed by atoms with Gasteiger partial charge in [-0.2, -0.15) is 0 Å². The van der Waals surface area contributed by atoms with Crippen molar-refractivity contribution < 1.29 is 15.0 Å². The molecule has 2 N–H and O–H groups in total. The summed E-state index contributed by atoms with van der Waals surface area (Å²) >= 11 is 0. The Morgan fingerprint density at radius 2 is 2.13 bits per heavy atom. The molecule has 1 atom stereocenters. The molecule has 82 valence electrons. The summed E-state index contributed by atoms with van der Waals surface area (Å²) in [5.41, 5.74) is 0.998. The highest BCUT2D eigenvalue weighted by molar-refractivity contribution is 5.89. The molecule has 0 heterocycles. The molecule has 0 aliphatic carbocycles. The van der Waals surface area contributed by atoms with E-state index in [2.05, 4.69) is 6.92 Å². The lowest BCUT2D eigenvalue weighted by molar-refractivity contribution is 0.0695. The molecule has 0 bridgehead atoms. The minimum atomic E-state index is -0.937. The topological polar surface area (TPSA) is 57.5 Å². The van der Waals surface area contributed by atoms with Gasteiger partial charge in [0.25, 0.3) is 0 Å². The van der Waals surface area contributed by atoms with Crippen molar-refractivity contribution in [1.29, 1.82) is 0 Å². The predicted molar refractivity (Wildman–Crippen MR) is 58.4 cm³/mol. The molecule has 0 aliphatic rings. The van der Waals surface area contributed by atoms with Crippen molar-refractivity contribution in [2.45, 2.75) is 32.6 Å². The molecule has 0 amide bonds. The van der Waals surface area contributed by atoms with Gasteiger partial charge in [-0.1, -0.05) is 20.3 Å². The van der Waals surface area contributed by atoms with E-state index in [1.165, 1.54) is 12.1 Å². The number of hydrogen-bond acceptors (Lipinski definition) is 2. The third-order valence-corrected chi connectivity index (χ3v) is 2.52. The zero-order valence-electron chi connectivity index (χ0n) is 9.03. The lowest BCUT2D eigenvalue weighted by Crippen LogP contribution is -2.05. The largest absolute Gasteiger partial charge is 0.508 e. The number of benzene rings is 1. The highest BCUT2D eigenvalue weighted by atomic mass is 16.4. The Kier molecular flexibility index (Phi) is 3.72.